The molecule has 3 rings (SSSR count). The first-order valence-corrected chi connectivity index (χ1v) is 6.92. The third kappa shape index (κ3) is 3.43. The molecule has 21 heavy (non-hydrogen) atoms. The molecule has 2 heterocycles. The number of nitrogens with one attached hydrogen (secondary N) is 1. The van der Waals surface area contributed by atoms with Crippen molar-refractivity contribution < 1.29 is 0 Å². The van der Waals surface area contributed by atoms with Crippen LogP contribution in [0.4, 0.5) is 0 Å². The molecule has 1 aliphatic heterocycles. The van der Waals surface area contributed by atoms with Crippen LogP contribution >= 0.6 is 24.8 Å². The molecule has 0 saturated carbocycles. The maximum absolute atomic E-state index is 4.06. The van der Waals surface area contributed by atoms with Crippen LogP contribution in [0.1, 0.15) is 11.6 Å². The molecule has 3 nitrogen and oxygen atoms in total. The van der Waals surface area contributed by atoms with Crippen molar-refractivity contribution in [3.63, 3.8) is 0 Å². The van der Waals surface area contributed by atoms with Gasteiger partial charge in [-0.2, -0.15) is 0 Å². The first-order valence-electron chi connectivity index (χ1n) is 6.92. The average Bonchev–Trinajstić information content (AvgIpc) is 2.79. The Labute approximate surface area is 138 Å². The third-order valence-corrected chi connectivity index (χ3v) is 4.01. The van der Waals surface area contributed by atoms with Gasteiger partial charge in [0.05, 0.1) is 6.04 Å². The Morgan fingerprint density at radius 3 is 2.52 bits per heavy atom. The molecule has 1 saturated heterocycles. The Kier molecular flexibility index (Phi) is 6.75. The molecule has 1 N–H and O–H groups in total. The maximum Gasteiger partial charge on any atom is 0.0551 e. The maximum atomic E-state index is 4.06. The van der Waals surface area contributed by atoms with Crippen molar-refractivity contribution in [2.45, 2.75) is 6.04 Å². The Morgan fingerprint density at radius 2 is 1.86 bits per heavy atom. The molecular formula is C16H23Cl2N3. The number of aromatic nitrogens is 1. The summed E-state index contributed by atoms with van der Waals surface area (Å²) in [6.45, 7) is 8.35. The minimum absolute atomic E-state index is 0. The van der Waals surface area contributed by atoms with Crippen molar-refractivity contribution >= 4 is 35.7 Å². The lowest BCUT2D eigenvalue weighted by Crippen LogP contribution is -2.44. The zero-order chi connectivity index (χ0) is 13.2. The molecule has 0 amide bonds. The monoisotopic (exact) mass is 327 g/mol. The zero-order valence-electron chi connectivity index (χ0n) is 12.3. The SMILES string of the molecule is C=C[C@H](c1cn(C)c2ccccc12)N1CCNCC1.Cl.Cl. The summed E-state index contributed by atoms with van der Waals surface area (Å²) < 4.78 is 2.21. The summed E-state index contributed by atoms with van der Waals surface area (Å²) in [5.41, 5.74) is 2.66. The van der Waals surface area contributed by atoms with E-state index in [9.17, 15) is 0 Å². The van der Waals surface area contributed by atoms with E-state index in [1.807, 2.05) is 0 Å². The summed E-state index contributed by atoms with van der Waals surface area (Å²) >= 11 is 0. The number of hydrogen-bond acceptors (Lipinski definition) is 2. The summed E-state index contributed by atoms with van der Waals surface area (Å²) in [6.07, 6.45) is 4.33. The lowest BCUT2D eigenvalue weighted by atomic mass is 10.0. The molecule has 116 valence electrons. The number of halogens is 2. The molecule has 1 aliphatic rings. The molecule has 0 unspecified atom stereocenters. The van der Waals surface area contributed by atoms with Gasteiger partial charge in [-0.15, -0.1) is 31.4 Å². The van der Waals surface area contributed by atoms with E-state index in [0.29, 0.717) is 6.04 Å². The number of hydrogen-bond donors (Lipinski definition) is 1. The Bertz CT molecular complexity index is 588. The fourth-order valence-corrected chi connectivity index (χ4v) is 3.04. The van der Waals surface area contributed by atoms with Gasteiger partial charge in [-0.25, -0.2) is 0 Å². The second-order valence-electron chi connectivity index (χ2n) is 5.18. The predicted molar refractivity (Wildman–Crippen MR) is 94.8 cm³/mol. The van der Waals surface area contributed by atoms with E-state index < -0.39 is 0 Å². The van der Waals surface area contributed by atoms with Crippen molar-refractivity contribution in [2.75, 3.05) is 26.2 Å². The van der Waals surface area contributed by atoms with Gasteiger partial charge in [-0.05, 0) is 11.6 Å². The number of benzene rings is 1. The zero-order valence-corrected chi connectivity index (χ0v) is 13.9. The fourth-order valence-electron chi connectivity index (χ4n) is 3.04. The van der Waals surface area contributed by atoms with Crippen molar-refractivity contribution in [3.05, 3.63) is 48.7 Å². The molecule has 2 aromatic rings. The van der Waals surface area contributed by atoms with Gasteiger partial charge in [0, 0.05) is 50.3 Å². The Balaban J connectivity index is 0.00000110. The van der Waals surface area contributed by atoms with Crippen LogP contribution in [0.3, 0.4) is 0 Å². The van der Waals surface area contributed by atoms with Crippen molar-refractivity contribution in [1.82, 2.24) is 14.8 Å². The van der Waals surface area contributed by atoms with E-state index >= 15 is 0 Å². The average molecular weight is 328 g/mol. The standard InChI is InChI=1S/C16H21N3.2ClH/c1-3-15(19-10-8-17-9-11-19)14-12-18(2)16-7-5-4-6-13(14)16;;/h3-7,12,15,17H,1,8-11H2,2H3;2*1H/t15-;;/m1../s1. The Morgan fingerprint density at radius 1 is 1.19 bits per heavy atom. The van der Waals surface area contributed by atoms with Gasteiger partial charge in [-0.3, -0.25) is 4.90 Å². The van der Waals surface area contributed by atoms with Crippen LogP contribution in [0.25, 0.3) is 10.9 Å². The van der Waals surface area contributed by atoms with Crippen LogP contribution in [-0.4, -0.2) is 35.6 Å². The van der Waals surface area contributed by atoms with Crippen LogP contribution in [0.2, 0.25) is 0 Å². The number of rotatable bonds is 3. The summed E-state index contributed by atoms with van der Waals surface area (Å²) in [4.78, 5) is 2.51. The van der Waals surface area contributed by atoms with E-state index in [0.717, 1.165) is 26.2 Å². The molecule has 0 spiro atoms. The topological polar surface area (TPSA) is 20.2 Å². The number of piperazine rings is 1. The van der Waals surface area contributed by atoms with Crippen molar-refractivity contribution in [2.24, 2.45) is 7.05 Å². The molecule has 1 aromatic heterocycles. The molecule has 5 heteroatoms. The van der Waals surface area contributed by atoms with E-state index in [2.05, 4.69) is 64.9 Å². The summed E-state index contributed by atoms with van der Waals surface area (Å²) in [7, 11) is 2.11. The molecule has 1 fully saturated rings. The van der Waals surface area contributed by atoms with Crippen molar-refractivity contribution in [1.29, 1.82) is 0 Å². The summed E-state index contributed by atoms with van der Waals surface area (Å²) in [5.74, 6) is 0. The van der Waals surface area contributed by atoms with E-state index in [1.165, 1.54) is 16.5 Å². The van der Waals surface area contributed by atoms with E-state index in [4.69, 9.17) is 0 Å². The third-order valence-electron chi connectivity index (χ3n) is 4.01. The second kappa shape index (κ2) is 7.85. The van der Waals surface area contributed by atoms with Gasteiger partial charge >= 0.3 is 0 Å². The van der Waals surface area contributed by atoms with Gasteiger partial charge in [0.1, 0.15) is 0 Å². The summed E-state index contributed by atoms with van der Waals surface area (Å²) in [6, 6.07) is 8.91. The quantitative estimate of drug-likeness (QED) is 0.874. The van der Waals surface area contributed by atoms with Crippen LogP contribution in [-0.2, 0) is 7.05 Å². The van der Waals surface area contributed by atoms with Gasteiger partial charge in [0.15, 0.2) is 0 Å². The lowest BCUT2D eigenvalue weighted by Gasteiger charge is -2.33. The van der Waals surface area contributed by atoms with E-state index in [1.54, 1.807) is 0 Å². The summed E-state index contributed by atoms with van der Waals surface area (Å²) in [5, 5.41) is 4.75. The van der Waals surface area contributed by atoms with Crippen LogP contribution in [0.15, 0.2) is 43.1 Å². The molecule has 1 atom stereocenters. The van der Waals surface area contributed by atoms with Crippen LogP contribution in [0, 0.1) is 0 Å². The number of aryl methyl sites for hydroxylation is 1. The van der Waals surface area contributed by atoms with E-state index in [-0.39, 0.29) is 24.8 Å². The number of fused-ring (bicyclic) bond motifs is 1. The highest BCUT2D eigenvalue weighted by molar-refractivity contribution is 5.86. The number of nitrogens with zero attached hydrogens (tertiary/aromatic N) is 2. The van der Waals surface area contributed by atoms with Gasteiger partial charge in [-0.1, -0.05) is 24.3 Å². The molecule has 0 aliphatic carbocycles. The normalized spacial score (nSPS) is 16.8. The highest BCUT2D eigenvalue weighted by atomic mass is 35.5. The van der Waals surface area contributed by atoms with Gasteiger partial charge in [0.25, 0.3) is 0 Å². The minimum Gasteiger partial charge on any atom is -0.350 e. The number of para-hydroxylation sites is 1. The Hall–Kier alpha value is -1.000. The minimum atomic E-state index is 0. The van der Waals surface area contributed by atoms with Gasteiger partial charge in [0.2, 0.25) is 0 Å². The van der Waals surface area contributed by atoms with Gasteiger partial charge < -0.3 is 9.88 Å². The second-order valence-corrected chi connectivity index (χ2v) is 5.18. The largest absolute Gasteiger partial charge is 0.350 e. The van der Waals surface area contributed by atoms with Crippen LogP contribution in [0.5, 0.6) is 0 Å². The molecule has 0 radical (unpaired) electrons. The molecule has 0 bridgehead atoms. The predicted octanol–water partition coefficient (Wildman–Crippen LogP) is 3.15. The molecule has 1 aromatic carbocycles. The fraction of sp³-hybridized carbons (Fsp3) is 0.375. The lowest BCUT2D eigenvalue weighted by molar-refractivity contribution is 0.204. The highest BCUT2D eigenvalue weighted by Crippen LogP contribution is 2.30. The van der Waals surface area contributed by atoms with Crippen molar-refractivity contribution in [3.8, 4) is 0 Å². The van der Waals surface area contributed by atoms with Crippen LogP contribution < -0.4 is 5.32 Å². The highest BCUT2D eigenvalue weighted by Gasteiger charge is 2.22. The smallest absolute Gasteiger partial charge is 0.0551 e. The molecular weight excluding hydrogens is 305 g/mol. The first-order chi connectivity index (χ1) is 9.31. The first kappa shape index (κ1) is 18.1.